The maximum Gasteiger partial charge on any atom is 0.245 e. The van der Waals surface area contributed by atoms with Gasteiger partial charge in [0.25, 0.3) is 0 Å². The van der Waals surface area contributed by atoms with Gasteiger partial charge in [-0.15, -0.1) is 0 Å². The third-order valence-corrected chi connectivity index (χ3v) is 5.09. The molecule has 1 aromatic carbocycles. The molecule has 1 aromatic heterocycles. The maximum atomic E-state index is 12.5. The number of rotatable bonds is 4. The highest BCUT2D eigenvalue weighted by Gasteiger charge is 2.24. The van der Waals surface area contributed by atoms with Crippen molar-refractivity contribution in [3.63, 3.8) is 0 Å². The van der Waals surface area contributed by atoms with Gasteiger partial charge in [0.15, 0.2) is 0 Å². The molecule has 0 bridgehead atoms. The minimum absolute atomic E-state index is 0.131. The molecule has 108 valence electrons. The van der Waals surface area contributed by atoms with E-state index in [2.05, 4.69) is 0 Å². The van der Waals surface area contributed by atoms with Crippen molar-refractivity contribution in [2.24, 2.45) is 0 Å². The summed E-state index contributed by atoms with van der Waals surface area (Å²) in [5, 5.41) is 0. The lowest BCUT2D eigenvalue weighted by Crippen LogP contribution is -2.27. The Kier molecular flexibility index (Phi) is 3.87. The number of benzene rings is 1. The highest BCUT2D eigenvalue weighted by molar-refractivity contribution is 7.89. The molecule has 0 spiro atoms. The first-order valence-electron chi connectivity index (χ1n) is 6.18. The summed E-state index contributed by atoms with van der Waals surface area (Å²) >= 11 is 0. The second-order valence-corrected chi connectivity index (χ2v) is 6.82. The van der Waals surface area contributed by atoms with E-state index >= 15 is 0 Å². The lowest BCUT2D eigenvalue weighted by molar-refractivity contribution is 0.459. The van der Waals surface area contributed by atoms with Crippen LogP contribution in [0.15, 0.2) is 39.8 Å². The maximum absolute atomic E-state index is 12.5. The van der Waals surface area contributed by atoms with Gasteiger partial charge in [-0.25, -0.2) is 8.42 Å². The van der Waals surface area contributed by atoms with E-state index in [-0.39, 0.29) is 17.1 Å². The van der Waals surface area contributed by atoms with Crippen molar-refractivity contribution in [1.29, 1.82) is 0 Å². The van der Waals surface area contributed by atoms with Crippen molar-refractivity contribution in [2.45, 2.75) is 25.3 Å². The van der Waals surface area contributed by atoms with E-state index in [1.807, 2.05) is 6.92 Å². The zero-order valence-electron chi connectivity index (χ0n) is 11.8. The SMILES string of the molecule is Cc1ccc(S(=O)(=O)N(C)Cc2ccoc2C)c(N)c1. The van der Waals surface area contributed by atoms with Gasteiger partial charge < -0.3 is 10.2 Å². The zero-order valence-corrected chi connectivity index (χ0v) is 12.6. The fraction of sp³-hybridized carbons (Fsp3) is 0.286. The summed E-state index contributed by atoms with van der Waals surface area (Å²) in [5.41, 5.74) is 7.85. The van der Waals surface area contributed by atoms with Crippen LogP contribution >= 0.6 is 0 Å². The van der Waals surface area contributed by atoms with Crippen molar-refractivity contribution in [3.05, 3.63) is 47.4 Å². The molecule has 0 aliphatic carbocycles. The summed E-state index contributed by atoms with van der Waals surface area (Å²) < 4.78 is 31.5. The summed E-state index contributed by atoms with van der Waals surface area (Å²) in [5.74, 6) is 0.712. The Labute approximate surface area is 119 Å². The van der Waals surface area contributed by atoms with E-state index in [0.29, 0.717) is 5.76 Å². The lowest BCUT2D eigenvalue weighted by atomic mass is 10.2. The molecule has 0 aliphatic heterocycles. The molecule has 6 heteroatoms. The number of nitrogen functional groups attached to an aromatic ring is 1. The highest BCUT2D eigenvalue weighted by atomic mass is 32.2. The van der Waals surface area contributed by atoms with Crippen molar-refractivity contribution in [2.75, 3.05) is 12.8 Å². The molecule has 0 saturated carbocycles. The van der Waals surface area contributed by atoms with Crippen LogP contribution in [0.4, 0.5) is 5.69 Å². The van der Waals surface area contributed by atoms with Gasteiger partial charge >= 0.3 is 0 Å². The van der Waals surface area contributed by atoms with Crippen LogP contribution in [0.25, 0.3) is 0 Å². The number of sulfonamides is 1. The average Bonchev–Trinajstić information content (AvgIpc) is 2.74. The van der Waals surface area contributed by atoms with Crippen molar-refractivity contribution in [1.82, 2.24) is 4.31 Å². The molecule has 0 aliphatic rings. The summed E-state index contributed by atoms with van der Waals surface area (Å²) in [7, 11) is -2.08. The van der Waals surface area contributed by atoms with Gasteiger partial charge in [0.2, 0.25) is 10.0 Å². The molecule has 0 amide bonds. The largest absolute Gasteiger partial charge is 0.469 e. The quantitative estimate of drug-likeness (QED) is 0.878. The van der Waals surface area contributed by atoms with Crippen LogP contribution in [0, 0.1) is 13.8 Å². The summed E-state index contributed by atoms with van der Waals surface area (Å²) in [6.07, 6.45) is 1.55. The number of hydrogen-bond donors (Lipinski definition) is 1. The van der Waals surface area contributed by atoms with E-state index in [1.54, 1.807) is 37.5 Å². The van der Waals surface area contributed by atoms with Crippen LogP contribution in [0.2, 0.25) is 0 Å². The lowest BCUT2D eigenvalue weighted by Gasteiger charge is -2.18. The van der Waals surface area contributed by atoms with Gasteiger partial charge in [-0.1, -0.05) is 6.07 Å². The number of nitrogens with zero attached hydrogens (tertiary/aromatic N) is 1. The molecule has 2 aromatic rings. The van der Waals surface area contributed by atoms with Gasteiger partial charge in [-0.05, 0) is 37.6 Å². The Morgan fingerprint density at radius 1 is 1.25 bits per heavy atom. The van der Waals surface area contributed by atoms with E-state index < -0.39 is 10.0 Å². The second kappa shape index (κ2) is 5.30. The fourth-order valence-corrected chi connectivity index (χ4v) is 3.21. The average molecular weight is 294 g/mol. The zero-order chi connectivity index (χ0) is 14.9. The van der Waals surface area contributed by atoms with Gasteiger partial charge in [-0.2, -0.15) is 4.31 Å². The monoisotopic (exact) mass is 294 g/mol. The first-order valence-corrected chi connectivity index (χ1v) is 7.62. The molecule has 0 saturated heterocycles. The number of aryl methyl sites for hydroxylation is 2. The Morgan fingerprint density at radius 3 is 2.50 bits per heavy atom. The first-order chi connectivity index (χ1) is 9.32. The standard InChI is InChI=1S/C14H18N2O3S/c1-10-4-5-14(13(15)8-10)20(17,18)16(3)9-12-6-7-19-11(12)2/h4-8H,9,15H2,1-3H3. The van der Waals surface area contributed by atoms with Crippen LogP contribution in [-0.4, -0.2) is 19.8 Å². The van der Waals surface area contributed by atoms with E-state index in [1.165, 1.54) is 11.4 Å². The number of nitrogens with two attached hydrogens (primary N) is 1. The van der Waals surface area contributed by atoms with Crippen molar-refractivity contribution in [3.8, 4) is 0 Å². The van der Waals surface area contributed by atoms with Crippen molar-refractivity contribution >= 4 is 15.7 Å². The van der Waals surface area contributed by atoms with E-state index in [9.17, 15) is 8.42 Å². The molecular weight excluding hydrogens is 276 g/mol. The van der Waals surface area contributed by atoms with Crippen LogP contribution < -0.4 is 5.73 Å². The Hall–Kier alpha value is -1.79. The molecule has 1 heterocycles. The van der Waals surface area contributed by atoms with Gasteiger partial charge in [0.1, 0.15) is 10.7 Å². The second-order valence-electron chi connectivity index (χ2n) is 4.80. The molecular formula is C14H18N2O3S. The summed E-state index contributed by atoms with van der Waals surface area (Å²) in [6, 6.07) is 6.70. The molecule has 0 unspecified atom stereocenters. The first kappa shape index (κ1) is 14.6. The predicted molar refractivity (Wildman–Crippen MR) is 77.7 cm³/mol. The smallest absolute Gasteiger partial charge is 0.245 e. The minimum Gasteiger partial charge on any atom is -0.469 e. The van der Waals surface area contributed by atoms with Gasteiger partial charge in [0, 0.05) is 19.2 Å². The number of hydrogen-bond acceptors (Lipinski definition) is 4. The summed E-state index contributed by atoms with van der Waals surface area (Å²) in [4.78, 5) is 0.131. The fourth-order valence-electron chi connectivity index (χ4n) is 1.97. The van der Waals surface area contributed by atoms with Gasteiger partial charge in [0.05, 0.1) is 12.0 Å². The topological polar surface area (TPSA) is 76.5 Å². The molecule has 5 nitrogen and oxygen atoms in total. The number of furan rings is 1. The molecule has 2 rings (SSSR count). The Balaban J connectivity index is 2.32. The molecule has 0 atom stereocenters. The third-order valence-electron chi connectivity index (χ3n) is 3.21. The third kappa shape index (κ3) is 2.71. The van der Waals surface area contributed by atoms with Crippen LogP contribution in [0.3, 0.4) is 0 Å². The van der Waals surface area contributed by atoms with Crippen LogP contribution in [0.5, 0.6) is 0 Å². The highest BCUT2D eigenvalue weighted by Crippen LogP contribution is 2.24. The van der Waals surface area contributed by atoms with E-state index in [4.69, 9.17) is 10.2 Å². The molecule has 0 radical (unpaired) electrons. The summed E-state index contributed by atoms with van der Waals surface area (Å²) in [6.45, 7) is 3.92. The Bertz CT molecular complexity index is 720. The van der Waals surface area contributed by atoms with Gasteiger partial charge in [-0.3, -0.25) is 0 Å². The van der Waals surface area contributed by atoms with Crippen LogP contribution in [-0.2, 0) is 16.6 Å². The molecule has 0 fully saturated rings. The minimum atomic E-state index is -3.61. The van der Waals surface area contributed by atoms with Crippen molar-refractivity contribution < 1.29 is 12.8 Å². The molecule has 2 N–H and O–H groups in total. The van der Waals surface area contributed by atoms with E-state index in [0.717, 1.165) is 11.1 Å². The Morgan fingerprint density at radius 2 is 1.95 bits per heavy atom. The van der Waals surface area contributed by atoms with Crippen LogP contribution in [0.1, 0.15) is 16.9 Å². The molecule has 20 heavy (non-hydrogen) atoms. The number of anilines is 1. The predicted octanol–water partition coefficient (Wildman–Crippen LogP) is 2.30. The normalized spacial score (nSPS) is 12.0.